The van der Waals surface area contributed by atoms with Gasteiger partial charge in [-0.2, -0.15) is 13.2 Å². The Morgan fingerprint density at radius 2 is 2.03 bits per heavy atom. The number of piperidine rings is 1. The van der Waals surface area contributed by atoms with Gasteiger partial charge in [-0.05, 0) is 42.4 Å². The summed E-state index contributed by atoms with van der Waals surface area (Å²) in [4.78, 5) is 31.3. The number of nitrogens with one attached hydrogen (secondary N) is 1. The monoisotopic (exact) mass is 423 g/mol. The molecule has 1 aliphatic carbocycles. The molecule has 1 N–H and O–H groups in total. The molecule has 1 aromatic heterocycles. The van der Waals surface area contributed by atoms with Crippen LogP contribution in [0.1, 0.15) is 40.1 Å². The van der Waals surface area contributed by atoms with Crippen LogP contribution in [0.15, 0.2) is 36.0 Å². The maximum atomic E-state index is 12.8. The van der Waals surface area contributed by atoms with Crippen molar-refractivity contribution in [3.63, 3.8) is 0 Å². The summed E-state index contributed by atoms with van der Waals surface area (Å²) in [5.41, 5.74) is 1.25. The fourth-order valence-electron chi connectivity index (χ4n) is 4.07. The van der Waals surface area contributed by atoms with Gasteiger partial charge in [-0.15, -0.1) is 11.3 Å². The van der Waals surface area contributed by atoms with Crippen LogP contribution in [0.3, 0.4) is 0 Å². The van der Waals surface area contributed by atoms with Crippen molar-refractivity contribution in [1.29, 1.82) is 0 Å². The summed E-state index contributed by atoms with van der Waals surface area (Å²) in [6.07, 6.45) is -0.536. The highest BCUT2D eigenvalue weighted by molar-refractivity contribution is 7.11. The lowest BCUT2D eigenvalue weighted by atomic mass is 9.90. The van der Waals surface area contributed by atoms with E-state index in [9.17, 15) is 22.8 Å². The molecule has 2 aromatic rings. The number of hydrogen-bond donors (Lipinski definition) is 1. The molecule has 0 radical (unpaired) electrons. The minimum absolute atomic E-state index is 0.0199. The van der Waals surface area contributed by atoms with Crippen LogP contribution in [0.2, 0.25) is 0 Å². The third-order valence-electron chi connectivity index (χ3n) is 5.92. The molecule has 1 saturated carbocycles. The van der Waals surface area contributed by atoms with E-state index in [1.165, 1.54) is 17.4 Å². The molecular weight excluding hydrogens is 403 g/mol. The Balaban J connectivity index is 1.28. The Hall–Kier alpha value is -2.42. The van der Waals surface area contributed by atoms with Gasteiger partial charge in [0.05, 0.1) is 17.3 Å². The van der Waals surface area contributed by atoms with E-state index in [0.717, 1.165) is 31.4 Å². The van der Waals surface area contributed by atoms with Crippen molar-refractivity contribution in [3.8, 4) is 0 Å². The van der Waals surface area contributed by atoms with Crippen LogP contribution in [0.5, 0.6) is 0 Å². The number of likely N-dealkylation sites (tertiary alicyclic amines) is 1. The van der Waals surface area contributed by atoms with Crippen molar-refractivity contribution < 1.29 is 22.8 Å². The highest BCUT2D eigenvalue weighted by atomic mass is 32.1. The van der Waals surface area contributed by atoms with E-state index in [1.807, 2.05) is 0 Å². The first-order valence-corrected chi connectivity index (χ1v) is 10.3. The summed E-state index contributed by atoms with van der Waals surface area (Å²) in [6.45, 7) is 1.29. The van der Waals surface area contributed by atoms with Gasteiger partial charge < -0.3 is 10.2 Å². The molecule has 1 saturated heterocycles. The van der Waals surface area contributed by atoms with Gasteiger partial charge in [0.15, 0.2) is 0 Å². The molecule has 2 heterocycles. The average Bonchev–Trinajstić information content (AvgIpc) is 3.14. The Kier molecular flexibility index (Phi) is 5.10. The van der Waals surface area contributed by atoms with Gasteiger partial charge in [0.2, 0.25) is 5.91 Å². The molecule has 1 spiro atoms. The summed E-state index contributed by atoms with van der Waals surface area (Å²) in [7, 11) is 0. The van der Waals surface area contributed by atoms with Crippen molar-refractivity contribution in [3.05, 3.63) is 52.0 Å². The Morgan fingerprint density at radius 3 is 2.69 bits per heavy atom. The predicted octanol–water partition coefficient (Wildman–Crippen LogP) is 3.72. The number of carbonyl (C=O) groups is 2. The quantitative estimate of drug-likeness (QED) is 0.815. The first-order valence-electron chi connectivity index (χ1n) is 9.40. The summed E-state index contributed by atoms with van der Waals surface area (Å²) in [5, 5.41) is 2.77. The summed E-state index contributed by atoms with van der Waals surface area (Å²) >= 11 is 1.32. The lowest BCUT2D eigenvalue weighted by Gasteiger charge is -2.32. The molecule has 4 rings (SSSR count). The number of alkyl halides is 3. The van der Waals surface area contributed by atoms with Gasteiger partial charge in [-0.1, -0.05) is 12.1 Å². The molecule has 1 atom stereocenters. The second-order valence-electron chi connectivity index (χ2n) is 7.69. The van der Waals surface area contributed by atoms with E-state index >= 15 is 0 Å². The molecule has 154 valence electrons. The fourth-order valence-corrected chi connectivity index (χ4v) is 4.66. The summed E-state index contributed by atoms with van der Waals surface area (Å²) in [6, 6.07) is 5.00. The first-order chi connectivity index (χ1) is 13.8. The van der Waals surface area contributed by atoms with Crippen molar-refractivity contribution in [2.45, 2.75) is 32.0 Å². The molecule has 29 heavy (non-hydrogen) atoms. The zero-order chi connectivity index (χ0) is 20.6. The van der Waals surface area contributed by atoms with Crippen LogP contribution in [0.4, 0.5) is 13.2 Å². The maximum Gasteiger partial charge on any atom is 0.416 e. The third kappa shape index (κ3) is 4.14. The number of nitrogens with zero attached hydrogens (tertiary/aromatic N) is 2. The molecule has 2 aliphatic rings. The molecule has 5 nitrogen and oxygen atoms in total. The second kappa shape index (κ2) is 7.44. The Labute approximate surface area is 169 Å². The zero-order valence-electron chi connectivity index (χ0n) is 15.5. The molecule has 2 fully saturated rings. The van der Waals surface area contributed by atoms with Gasteiger partial charge in [0.1, 0.15) is 4.88 Å². The number of benzene rings is 1. The lowest BCUT2D eigenvalue weighted by Crippen LogP contribution is -2.40. The van der Waals surface area contributed by atoms with Crippen LogP contribution in [-0.2, 0) is 17.5 Å². The number of carbonyl (C=O) groups excluding carboxylic acids is 2. The normalized spacial score (nSPS) is 20.5. The van der Waals surface area contributed by atoms with Crippen LogP contribution in [-0.4, -0.2) is 34.8 Å². The highest BCUT2D eigenvalue weighted by Gasteiger charge is 2.58. The van der Waals surface area contributed by atoms with Crippen molar-refractivity contribution in [2.24, 2.45) is 11.3 Å². The number of thiazole rings is 1. The molecule has 0 unspecified atom stereocenters. The van der Waals surface area contributed by atoms with E-state index in [4.69, 9.17) is 0 Å². The minimum atomic E-state index is -4.40. The molecule has 1 aromatic carbocycles. The summed E-state index contributed by atoms with van der Waals surface area (Å²) in [5.74, 6) is -0.271. The van der Waals surface area contributed by atoms with E-state index in [2.05, 4.69) is 10.3 Å². The van der Waals surface area contributed by atoms with Gasteiger partial charge in [0.25, 0.3) is 5.91 Å². The van der Waals surface area contributed by atoms with E-state index in [-0.39, 0.29) is 29.7 Å². The largest absolute Gasteiger partial charge is 0.416 e. The van der Waals surface area contributed by atoms with Crippen molar-refractivity contribution in [2.75, 3.05) is 13.1 Å². The SMILES string of the molecule is O=C(NCc1cccc(C(F)(F)F)c1)[C@H]1CC12CCN(C(=O)c1cncs1)CC2. The Bertz CT molecular complexity index is 906. The predicted molar refractivity (Wildman–Crippen MR) is 101 cm³/mol. The van der Waals surface area contributed by atoms with Gasteiger partial charge in [0, 0.05) is 25.6 Å². The molecule has 9 heteroatoms. The van der Waals surface area contributed by atoms with Crippen LogP contribution in [0.25, 0.3) is 0 Å². The van der Waals surface area contributed by atoms with E-state index in [0.29, 0.717) is 23.5 Å². The fraction of sp³-hybridized carbons (Fsp3) is 0.450. The lowest BCUT2D eigenvalue weighted by molar-refractivity contribution is -0.137. The smallest absolute Gasteiger partial charge is 0.352 e. The van der Waals surface area contributed by atoms with E-state index in [1.54, 1.807) is 22.7 Å². The minimum Gasteiger partial charge on any atom is -0.352 e. The van der Waals surface area contributed by atoms with Crippen molar-refractivity contribution >= 4 is 23.2 Å². The Morgan fingerprint density at radius 1 is 1.28 bits per heavy atom. The highest BCUT2D eigenvalue weighted by Crippen LogP contribution is 2.59. The zero-order valence-corrected chi connectivity index (χ0v) is 16.4. The van der Waals surface area contributed by atoms with Crippen LogP contribution < -0.4 is 5.32 Å². The maximum absolute atomic E-state index is 12.8. The molecule has 2 amide bonds. The summed E-state index contributed by atoms with van der Waals surface area (Å²) < 4.78 is 38.4. The average molecular weight is 423 g/mol. The van der Waals surface area contributed by atoms with Gasteiger partial charge >= 0.3 is 6.18 Å². The number of aromatic nitrogens is 1. The van der Waals surface area contributed by atoms with E-state index < -0.39 is 11.7 Å². The number of hydrogen-bond acceptors (Lipinski definition) is 4. The third-order valence-corrected chi connectivity index (χ3v) is 6.68. The standard InChI is InChI=1S/C20H20F3N3O2S/c21-20(22,23)14-3-1-2-13(8-14)10-25-17(27)15-9-19(15)4-6-26(7-5-19)18(28)16-11-24-12-29-16/h1-3,8,11-12,15H,4-7,9-10H2,(H,25,27)/t15-/m1/s1. The molecule has 1 aliphatic heterocycles. The molecular formula is C20H20F3N3O2S. The van der Waals surface area contributed by atoms with Crippen molar-refractivity contribution in [1.82, 2.24) is 15.2 Å². The number of halogens is 3. The molecule has 0 bridgehead atoms. The van der Waals surface area contributed by atoms with Crippen LogP contribution >= 0.6 is 11.3 Å². The van der Waals surface area contributed by atoms with Gasteiger partial charge in [-0.25, -0.2) is 0 Å². The topological polar surface area (TPSA) is 62.3 Å². The second-order valence-corrected chi connectivity index (χ2v) is 8.58. The number of rotatable bonds is 4. The van der Waals surface area contributed by atoms with Crippen LogP contribution in [0, 0.1) is 11.3 Å². The first kappa shape index (κ1) is 19.9. The van der Waals surface area contributed by atoms with Gasteiger partial charge in [-0.3, -0.25) is 14.6 Å². The number of amides is 2.